The number of nitrogens with zero attached hydrogens (tertiary/aromatic N) is 1. The van der Waals surface area contributed by atoms with E-state index in [9.17, 15) is 14.4 Å². The van der Waals surface area contributed by atoms with Gasteiger partial charge >= 0.3 is 12.0 Å². The van der Waals surface area contributed by atoms with Gasteiger partial charge in [0.2, 0.25) is 5.91 Å². The first-order chi connectivity index (χ1) is 13.9. The molecule has 0 saturated carbocycles. The van der Waals surface area contributed by atoms with Crippen molar-refractivity contribution >= 4 is 23.6 Å². The van der Waals surface area contributed by atoms with Gasteiger partial charge in [-0.3, -0.25) is 4.79 Å². The quantitative estimate of drug-likeness (QED) is 0.488. The number of esters is 1. The Balaban J connectivity index is 2.22. The van der Waals surface area contributed by atoms with E-state index in [-0.39, 0.29) is 25.2 Å². The van der Waals surface area contributed by atoms with Crippen molar-refractivity contribution < 1.29 is 23.9 Å². The van der Waals surface area contributed by atoms with Crippen LogP contribution in [0.25, 0.3) is 0 Å². The van der Waals surface area contributed by atoms with Gasteiger partial charge in [-0.25, -0.2) is 9.59 Å². The van der Waals surface area contributed by atoms with Crippen LogP contribution < -0.4 is 10.6 Å². The van der Waals surface area contributed by atoms with Crippen LogP contribution in [-0.4, -0.2) is 50.2 Å². The molecule has 1 atom stereocenters. The molecule has 0 radical (unpaired) electrons. The van der Waals surface area contributed by atoms with Crippen LogP contribution in [0.3, 0.4) is 0 Å². The number of amides is 3. The molecule has 0 fully saturated rings. The molecule has 1 aliphatic heterocycles. The molecule has 0 spiro atoms. The minimum absolute atomic E-state index is 0.0367. The first kappa shape index (κ1) is 22.4. The third kappa shape index (κ3) is 5.80. The van der Waals surface area contributed by atoms with Crippen LogP contribution in [0, 0.1) is 0 Å². The topological polar surface area (TPSA) is 97.0 Å². The first-order valence-corrected chi connectivity index (χ1v) is 9.69. The number of unbranched alkanes of at least 4 members (excludes halogenated alkanes) is 1. The van der Waals surface area contributed by atoms with Crippen molar-refractivity contribution in [1.29, 1.82) is 0 Å². The lowest BCUT2D eigenvalue weighted by Crippen LogP contribution is -2.46. The van der Waals surface area contributed by atoms with Gasteiger partial charge in [0.25, 0.3) is 0 Å². The van der Waals surface area contributed by atoms with E-state index >= 15 is 0 Å². The van der Waals surface area contributed by atoms with Crippen molar-refractivity contribution in [2.24, 2.45) is 0 Å². The number of methoxy groups -OCH3 is 1. The molecule has 1 aliphatic rings. The number of hydrogen-bond acceptors (Lipinski definition) is 5. The van der Waals surface area contributed by atoms with E-state index in [1.807, 2.05) is 6.92 Å². The minimum Gasteiger partial charge on any atom is -0.460 e. The molecule has 1 aromatic rings. The highest BCUT2D eigenvalue weighted by molar-refractivity contribution is 5.95. The van der Waals surface area contributed by atoms with E-state index < -0.39 is 12.0 Å². The largest absolute Gasteiger partial charge is 0.460 e. The predicted octanol–water partition coefficient (Wildman–Crippen LogP) is 2.98. The summed E-state index contributed by atoms with van der Waals surface area (Å²) in [5, 5.41) is 5.68. The van der Waals surface area contributed by atoms with E-state index in [2.05, 4.69) is 10.6 Å². The van der Waals surface area contributed by atoms with Crippen LogP contribution in [0.1, 0.15) is 44.7 Å². The second-order valence-electron chi connectivity index (χ2n) is 6.84. The van der Waals surface area contributed by atoms with Crippen molar-refractivity contribution in [2.75, 3.05) is 32.7 Å². The second kappa shape index (κ2) is 10.6. The molecule has 0 aromatic heterocycles. The maximum Gasteiger partial charge on any atom is 0.338 e. The second-order valence-corrected chi connectivity index (χ2v) is 6.84. The highest BCUT2D eigenvalue weighted by Gasteiger charge is 2.35. The van der Waals surface area contributed by atoms with Crippen molar-refractivity contribution in [1.82, 2.24) is 10.2 Å². The molecule has 158 valence electrons. The van der Waals surface area contributed by atoms with Crippen molar-refractivity contribution in [3.05, 3.63) is 41.1 Å². The molecular weight excluding hydrogens is 374 g/mol. The fourth-order valence-corrected chi connectivity index (χ4v) is 2.97. The zero-order chi connectivity index (χ0) is 21.4. The van der Waals surface area contributed by atoms with Crippen LogP contribution in [-0.2, 0) is 19.1 Å². The number of anilines is 1. The summed E-state index contributed by atoms with van der Waals surface area (Å²) in [7, 11) is 3.12. The number of allylic oxidation sites excluding steroid dienone is 1. The van der Waals surface area contributed by atoms with Gasteiger partial charge in [-0.05, 0) is 31.0 Å². The fraction of sp³-hybridized carbons (Fsp3) is 0.476. The number of urea groups is 1. The van der Waals surface area contributed by atoms with Crippen LogP contribution in [0.15, 0.2) is 35.5 Å². The number of rotatable bonds is 9. The highest BCUT2D eigenvalue weighted by Crippen LogP contribution is 2.31. The standard InChI is InChI=1S/C21H29N3O5/c1-5-6-7-17(25)22-16-10-8-15(9-11-16)19-18(20(26)29-13-12-28-4)14(2)24(3)21(27)23-19/h8-11,19H,5-7,12-13H2,1-4H3,(H,22,25)(H,23,27). The average molecular weight is 403 g/mol. The monoisotopic (exact) mass is 403 g/mol. The van der Waals surface area contributed by atoms with Gasteiger partial charge in [0.05, 0.1) is 18.2 Å². The first-order valence-electron chi connectivity index (χ1n) is 9.69. The number of carbonyl (C=O) groups excluding carboxylic acids is 3. The molecule has 1 heterocycles. The molecule has 2 N–H and O–H groups in total. The van der Waals surface area contributed by atoms with Crippen molar-refractivity contribution in [3.8, 4) is 0 Å². The molecule has 2 rings (SSSR count). The van der Waals surface area contributed by atoms with Gasteiger partial charge in [-0.15, -0.1) is 0 Å². The molecule has 8 nitrogen and oxygen atoms in total. The Morgan fingerprint density at radius 3 is 2.52 bits per heavy atom. The minimum atomic E-state index is -0.640. The number of ether oxygens (including phenoxy) is 2. The summed E-state index contributed by atoms with van der Waals surface area (Å²) in [6.45, 7) is 4.16. The lowest BCUT2D eigenvalue weighted by atomic mass is 9.95. The summed E-state index contributed by atoms with van der Waals surface area (Å²) in [5.41, 5.74) is 2.27. The Bertz CT molecular complexity index is 773. The summed E-state index contributed by atoms with van der Waals surface area (Å²) in [5.74, 6) is -0.543. The van der Waals surface area contributed by atoms with Gasteiger partial charge in [0.1, 0.15) is 6.61 Å². The average Bonchev–Trinajstić information content (AvgIpc) is 2.71. The lowest BCUT2D eigenvalue weighted by molar-refractivity contribution is -0.140. The van der Waals surface area contributed by atoms with Crippen molar-refractivity contribution in [3.63, 3.8) is 0 Å². The Morgan fingerprint density at radius 1 is 1.21 bits per heavy atom. The number of benzene rings is 1. The molecule has 8 heteroatoms. The summed E-state index contributed by atoms with van der Waals surface area (Å²) in [6.07, 6.45) is 2.27. The molecule has 0 saturated heterocycles. The van der Waals surface area contributed by atoms with E-state index in [1.54, 1.807) is 38.2 Å². The molecule has 3 amide bonds. The van der Waals surface area contributed by atoms with E-state index in [0.29, 0.717) is 23.4 Å². The Kier molecular flexibility index (Phi) is 8.21. The maximum atomic E-state index is 12.7. The van der Waals surface area contributed by atoms with E-state index in [0.717, 1.165) is 18.4 Å². The van der Waals surface area contributed by atoms with Crippen LogP contribution in [0.4, 0.5) is 10.5 Å². The van der Waals surface area contributed by atoms with Crippen LogP contribution >= 0.6 is 0 Å². The van der Waals surface area contributed by atoms with Gasteiger partial charge in [-0.2, -0.15) is 0 Å². The lowest BCUT2D eigenvalue weighted by Gasteiger charge is -2.33. The van der Waals surface area contributed by atoms with E-state index in [1.165, 1.54) is 12.0 Å². The molecule has 0 aliphatic carbocycles. The van der Waals surface area contributed by atoms with Gasteiger partial charge in [0, 0.05) is 32.0 Å². The summed E-state index contributed by atoms with van der Waals surface area (Å²) < 4.78 is 10.2. The maximum absolute atomic E-state index is 12.7. The zero-order valence-electron chi connectivity index (χ0n) is 17.4. The summed E-state index contributed by atoms with van der Waals surface area (Å²) >= 11 is 0. The Labute approximate surface area is 171 Å². The Hall–Kier alpha value is -2.87. The van der Waals surface area contributed by atoms with Gasteiger partial charge in [-0.1, -0.05) is 25.5 Å². The molecule has 0 bridgehead atoms. The van der Waals surface area contributed by atoms with Gasteiger partial charge < -0.3 is 25.0 Å². The third-order valence-electron chi connectivity index (χ3n) is 4.78. The molecular formula is C21H29N3O5. The fourth-order valence-electron chi connectivity index (χ4n) is 2.97. The van der Waals surface area contributed by atoms with Crippen LogP contribution in [0.5, 0.6) is 0 Å². The zero-order valence-corrected chi connectivity index (χ0v) is 17.4. The highest BCUT2D eigenvalue weighted by atomic mass is 16.6. The SMILES string of the molecule is CCCCC(=O)Nc1ccc(C2NC(=O)N(C)C(C)=C2C(=O)OCCOC)cc1. The number of hydrogen-bond donors (Lipinski definition) is 2. The van der Waals surface area contributed by atoms with Gasteiger partial charge in [0.15, 0.2) is 0 Å². The van der Waals surface area contributed by atoms with E-state index in [4.69, 9.17) is 9.47 Å². The van der Waals surface area contributed by atoms with Crippen LogP contribution in [0.2, 0.25) is 0 Å². The molecule has 29 heavy (non-hydrogen) atoms. The number of nitrogens with one attached hydrogen (secondary N) is 2. The molecule has 1 aromatic carbocycles. The van der Waals surface area contributed by atoms with Crippen molar-refractivity contribution in [2.45, 2.75) is 39.2 Å². The molecule has 1 unspecified atom stereocenters. The summed E-state index contributed by atoms with van der Waals surface area (Å²) in [6, 6.07) is 6.12. The normalized spacial score (nSPS) is 16.5. The predicted molar refractivity (Wildman–Crippen MR) is 109 cm³/mol. The third-order valence-corrected chi connectivity index (χ3v) is 4.78. The number of carbonyl (C=O) groups is 3. The Morgan fingerprint density at radius 2 is 1.90 bits per heavy atom. The smallest absolute Gasteiger partial charge is 0.338 e. The summed E-state index contributed by atoms with van der Waals surface area (Å²) in [4.78, 5) is 38.2.